The van der Waals surface area contributed by atoms with E-state index in [4.69, 9.17) is 18.9 Å². The van der Waals surface area contributed by atoms with Crippen LogP contribution in [0.25, 0.3) is 0 Å². The van der Waals surface area contributed by atoms with Gasteiger partial charge in [0.2, 0.25) is 5.91 Å². The molecule has 2 aliphatic heterocycles. The molecular formula is C86H161NO13. The third-order valence-corrected chi connectivity index (χ3v) is 21.1. The Hall–Kier alpha value is -2.05. The zero-order valence-corrected chi connectivity index (χ0v) is 64.7. The molecule has 2 saturated heterocycles. The molecule has 0 aromatic heterocycles. The van der Waals surface area contributed by atoms with Gasteiger partial charge in [0.1, 0.15) is 48.8 Å². The van der Waals surface area contributed by atoms with Gasteiger partial charge in [-0.15, -0.1) is 0 Å². The Morgan fingerprint density at radius 2 is 0.690 bits per heavy atom. The molecule has 2 fully saturated rings. The van der Waals surface area contributed by atoms with Crippen LogP contribution >= 0.6 is 0 Å². The molecule has 588 valence electrons. The lowest BCUT2D eigenvalue weighted by molar-refractivity contribution is -0.359. The smallest absolute Gasteiger partial charge is 0.220 e. The highest BCUT2D eigenvalue weighted by Gasteiger charge is 2.51. The summed E-state index contributed by atoms with van der Waals surface area (Å²) in [6.07, 6.45) is 77.4. The predicted molar refractivity (Wildman–Crippen MR) is 415 cm³/mol. The van der Waals surface area contributed by atoms with E-state index in [0.717, 1.165) is 77.0 Å². The molecule has 14 nitrogen and oxygen atoms in total. The molecule has 14 heteroatoms. The molecule has 9 N–H and O–H groups in total. The van der Waals surface area contributed by atoms with Gasteiger partial charge in [-0.25, -0.2) is 0 Å². The molecule has 0 aliphatic carbocycles. The lowest BCUT2D eigenvalue weighted by atomic mass is 9.97. The first kappa shape index (κ1) is 94.0. The van der Waals surface area contributed by atoms with Gasteiger partial charge in [-0.3, -0.25) is 4.79 Å². The first-order valence-corrected chi connectivity index (χ1v) is 42.9. The molecule has 0 spiro atoms. The molecule has 12 atom stereocenters. The standard InChI is InChI=1S/C86H161NO13/c1-3-5-7-9-11-13-15-17-19-21-23-25-27-29-31-33-34-35-36-37-38-39-40-42-44-46-48-50-52-54-56-58-60-62-64-66-68-70-78(91)87-74(73-97-85-83(96)81(94)84(77(72-89)99-85)100-86-82(95)80(93)79(92)76(71-88)98-86)75(90)69-67-65-63-61-59-57-55-53-51-49-47-45-43-41-32-30-28-26-24-22-20-18-16-14-12-10-8-6-4-2/h5,7,11,13,17,19,23,25,74-77,79-86,88-90,92-96H,3-4,6,8-10,12,14-16,18,20-22,24,26-73H2,1-2H3,(H,87,91)/b7-5-,13-11-,19-17-,25-23-. The minimum absolute atomic E-state index is 0.197. The molecule has 0 aromatic carbocycles. The van der Waals surface area contributed by atoms with Gasteiger partial charge >= 0.3 is 0 Å². The van der Waals surface area contributed by atoms with E-state index in [1.807, 2.05) is 0 Å². The van der Waals surface area contributed by atoms with Crippen molar-refractivity contribution in [3.8, 4) is 0 Å². The predicted octanol–water partition coefficient (Wildman–Crippen LogP) is 20.1. The SMILES string of the molecule is CC/C=C\C/C=C\C/C=C\C/C=C\CCCCCCCCCCCCCCCCCCCCCCCCCCC(=O)NC(COC1OC(CO)C(OC2OC(CO)C(O)C(O)C2O)C(O)C1O)C(O)CCCCCCCCCCCCCCCCCCCCCCCCCCCCCCC. The minimum Gasteiger partial charge on any atom is -0.394 e. The summed E-state index contributed by atoms with van der Waals surface area (Å²) in [5.74, 6) is -0.197. The van der Waals surface area contributed by atoms with Crippen molar-refractivity contribution in [3.63, 3.8) is 0 Å². The van der Waals surface area contributed by atoms with E-state index in [9.17, 15) is 45.6 Å². The zero-order chi connectivity index (χ0) is 72.2. The molecular weight excluding hydrogens is 1250 g/mol. The van der Waals surface area contributed by atoms with Gasteiger partial charge in [0, 0.05) is 6.42 Å². The first-order valence-electron chi connectivity index (χ1n) is 42.9. The second kappa shape index (κ2) is 70.0. The fraction of sp³-hybridized carbons (Fsp3) is 0.895. The van der Waals surface area contributed by atoms with Crippen molar-refractivity contribution in [1.29, 1.82) is 0 Å². The molecule has 0 aromatic rings. The fourth-order valence-electron chi connectivity index (χ4n) is 14.4. The molecule has 100 heavy (non-hydrogen) atoms. The third-order valence-electron chi connectivity index (χ3n) is 21.1. The Bertz CT molecular complexity index is 1870. The van der Waals surface area contributed by atoms with Crippen LogP contribution in [0.2, 0.25) is 0 Å². The van der Waals surface area contributed by atoms with E-state index in [-0.39, 0.29) is 12.5 Å². The summed E-state index contributed by atoms with van der Waals surface area (Å²) in [5, 5.41) is 88.0. The van der Waals surface area contributed by atoms with E-state index < -0.39 is 86.8 Å². The van der Waals surface area contributed by atoms with Gasteiger partial charge in [0.15, 0.2) is 12.6 Å². The number of hydrogen-bond acceptors (Lipinski definition) is 13. The molecule has 0 saturated carbocycles. The molecule has 2 aliphatic rings. The largest absolute Gasteiger partial charge is 0.394 e. The van der Waals surface area contributed by atoms with Crippen LogP contribution in [0.15, 0.2) is 48.6 Å². The van der Waals surface area contributed by atoms with Crippen molar-refractivity contribution >= 4 is 5.91 Å². The van der Waals surface area contributed by atoms with Gasteiger partial charge in [0.25, 0.3) is 0 Å². The van der Waals surface area contributed by atoms with Gasteiger partial charge in [-0.05, 0) is 51.4 Å². The highest BCUT2D eigenvalue weighted by molar-refractivity contribution is 5.76. The average Bonchev–Trinajstić information content (AvgIpc) is 0.791. The van der Waals surface area contributed by atoms with E-state index in [2.05, 4.69) is 67.8 Å². The number of ether oxygens (including phenoxy) is 4. The Morgan fingerprint density at radius 1 is 0.370 bits per heavy atom. The molecule has 2 rings (SSSR count). The Labute approximate surface area is 614 Å². The van der Waals surface area contributed by atoms with Crippen LogP contribution in [0.3, 0.4) is 0 Å². The topological polar surface area (TPSA) is 228 Å². The van der Waals surface area contributed by atoms with Crippen molar-refractivity contribution in [3.05, 3.63) is 48.6 Å². The maximum Gasteiger partial charge on any atom is 0.220 e. The Balaban J connectivity index is 1.56. The van der Waals surface area contributed by atoms with Crippen LogP contribution < -0.4 is 5.32 Å². The highest BCUT2D eigenvalue weighted by atomic mass is 16.7. The lowest BCUT2D eigenvalue weighted by Crippen LogP contribution is -2.65. The monoisotopic (exact) mass is 1420 g/mol. The van der Waals surface area contributed by atoms with Crippen LogP contribution in [0.5, 0.6) is 0 Å². The van der Waals surface area contributed by atoms with Crippen LogP contribution in [-0.2, 0) is 23.7 Å². The number of carbonyl (C=O) groups excluding carboxylic acids is 1. The van der Waals surface area contributed by atoms with Gasteiger partial charge in [-0.2, -0.15) is 0 Å². The molecule has 0 bridgehead atoms. The molecule has 12 unspecified atom stereocenters. The number of rotatable bonds is 73. The summed E-state index contributed by atoms with van der Waals surface area (Å²) in [6.45, 7) is 2.82. The van der Waals surface area contributed by atoms with Crippen LogP contribution in [0, 0.1) is 0 Å². The van der Waals surface area contributed by atoms with Gasteiger partial charge in [0.05, 0.1) is 32.0 Å². The van der Waals surface area contributed by atoms with Crippen LogP contribution in [0.1, 0.15) is 399 Å². The van der Waals surface area contributed by atoms with Crippen molar-refractivity contribution in [1.82, 2.24) is 5.32 Å². The summed E-state index contributed by atoms with van der Waals surface area (Å²) in [4.78, 5) is 13.4. The number of carbonyl (C=O) groups is 1. The van der Waals surface area contributed by atoms with Crippen molar-refractivity contribution in [2.45, 2.75) is 473 Å². The Kier molecular flexibility index (Phi) is 65.8. The quantitative estimate of drug-likeness (QED) is 0.0204. The average molecular weight is 1420 g/mol. The Morgan fingerprint density at radius 3 is 1.06 bits per heavy atom. The van der Waals surface area contributed by atoms with Gasteiger partial charge in [-0.1, -0.05) is 390 Å². The third kappa shape index (κ3) is 52.0. The number of amides is 1. The summed E-state index contributed by atoms with van der Waals surface area (Å²) >= 11 is 0. The minimum atomic E-state index is -1.78. The van der Waals surface area contributed by atoms with Gasteiger partial charge < -0.3 is 65.1 Å². The van der Waals surface area contributed by atoms with E-state index in [1.165, 1.54) is 295 Å². The van der Waals surface area contributed by atoms with Crippen molar-refractivity contribution in [2.75, 3.05) is 19.8 Å². The van der Waals surface area contributed by atoms with E-state index >= 15 is 0 Å². The first-order chi connectivity index (χ1) is 49.1. The number of aliphatic hydroxyl groups excluding tert-OH is 8. The van der Waals surface area contributed by atoms with Crippen LogP contribution in [-0.4, -0.2) is 140 Å². The maximum atomic E-state index is 13.4. The number of aliphatic hydroxyl groups is 8. The molecule has 1 amide bonds. The summed E-state index contributed by atoms with van der Waals surface area (Å²) in [5.41, 5.74) is 0. The number of unbranched alkanes of at least 4 members (excludes halogenated alkanes) is 52. The summed E-state index contributed by atoms with van der Waals surface area (Å²) in [6, 6.07) is -0.830. The fourth-order valence-corrected chi connectivity index (χ4v) is 14.4. The summed E-state index contributed by atoms with van der Waals surface area (Å²) < 4.78 is 23.0. The number of hydrogen-bond donors (Lipinski definition) is 9. The van der Waals surface area contributed by atoms with Crippen LogP contribution in [0.4, 0.5) is 0 Å². The lowest BCUT2D eigenvalue weighted by Gasteiger charge is -2.46. The van der Waals surface area contributed by atoms with Crippen molar-refractivity contribution in [2.24, 2.45) is 0 Å². The van der Waals surface area contributed by atoms with E-state index in [0.29, 0.717) is 12.8 Å². The second-order valence-electron chi connectivity index (χ2n) is 30.3. The zero-order valence-electron chi connectivity index (χ0n) is 64.7. The number of nitrogens with one attached hydrogen (secondary N) is 1. The molecule has 2 heterocycles. The second-order valence-corrected chi connectivity index (χ2v) is 30.3. The van der Waals surface area contributed by atoms with Crippen molar-refractivity contribution < 1.29 is 64.6 Å². The number of allylic oxidation sites excluding steroid dienone is 8. The summed E-state index contributed by atoms with van der Waals surface area (Å²) in [7, 11) is 0. The molecule has 0 radical (unpaired) electrons. The normalized spacial score (nSPS) is 22.0. The highest BCUT2D eigenvalue weighted by Crippen LogP contribution is 2.31. The van der Waals surface area contributed by atoms with E-state index in [1.54, 1.807) is 0 Å². The maximum absolute atomic E-state index is 13.4.